The molecule has 116 valence electrons. The molecule has 21 heavy (non-hydrogen) atoms. The second-order valence-corrected chi connectivity index (χ2v) is 5.01. The molecule has 0 aliphatic carbocycles. The number of halogens is 2. The van der Waals surface area contributed by atoms with E-state index in [4.69, 9.17) is 21.1 Å². The van der Waals surface area contributed by atoms with Gasteiger partial charge in [0, 0.05) is 24.0 Å². The molecule has 2 aromatic rings. The van der Waals surface area contributed by atoms with Crippen LogP contribution in [0, 0.1) is 13.8 Å². The number of hydrogen-bond acceptors (Lipinski definition) is 5. The van der Waals surface area contributed by atoms with Gasteiger partial charge in [0.05, 0.1) is 17.2 Å². The van der Waals surface area contributed by atoms with E-state index in [9.17, 15) is 9.90 Å². The number of phenolic OH excluding ortho intramolecular Hbond substituents is 1. The molecule has 0 fully saturated rings. The molecule has 0 spiro atoms. The smallest absolute Gasteiger partial charge is 0.339 e. The van der Waals surface area contributed by atoms with Gasteiger partial charge in [-0.2, -0.15) is 0 Å². The molecule has 0 radical (unpaired) electrons. The van der Waals surface area contributed by atoms with Gasteiger partial charge in [-0.3, -0.25) is 0 Å². The van der Waals surface area contributed by atoms with Crippen LogP contribution in [-0.4, -0.2) is 23.4 Å². The largest absolute Gasteiger partial charge is 0.506 e. The second-order valence-electron chi connectivity index (χ2n) is 4.60. The Hall–Kier alpha value is -1.27. The molecule has 0 aliphatic heterocycles. The lowest BCUT2D eigenvalue weighted by molar-refractivity contribution is 0.291. The van der Waals surface area contributed by atoms with Gasteiger partial charge in [0.25, 0.3) is 0 Å². The number of aromatic hydroxyl groups is 1. The third-order valence-electron chi connectivity index (χ3n) is 3.36. The van der Waals surface area contributed by atoms with Crippen molar-refractivity contribution in [3.63, 3.8) is 0 Å². The Bertz CT molecular complexity index is 712. The SMILES string of the molecule is Cc1c(C)c2cc(Cl)c(O)c(CNCCO)c2oc1=O.Cl. The number of aliphatic hydroxyl groups is 1. The maximum Gasteiger partial charge on any atom is 0.339 e. The summed E-state index contributed by atoms with van der Waals surface area (Å²) in [4.78, 5) is 11.8. The van der Waals surface area contributed by atoms with Crippen LogP contribution in [0.15, 0.2) is 15.3 Å². The first-order chi connectivity index (χ1) is 9.47. The Morgan fingerprint density at radius 3 is 2.62 bits per heavy atom. The Kier molecular flexibility index (Phi) is 6.04. The minimum absolute atomic E-state index is 0. The van der Waals surface area contributed by atoms with Crippen molar-refractivity contribution < 1.29 is 14.6 Å². The van der Waals surface area contributed by atoms with Crippen molar-refractivity contribution in [1.82, 2.24) is 5.32 Å². The predicted molar refractivity (Wildman–Crippen MR) is 84.7 cm³/mol. The van der Waals surface area contributed by atoms with Gasteiger partial charge in [-0.05, 0) is 25.5 Å². The normalized spacial score (nSPS) is 10.7. The van der Waals surface area contributed by atoms with Gasteiger partial charge in [0.15, 0.2) is 0 Å². The summed E-state index contributed by atoms with van der Waals surface area (Å²) in [6.45, 7) is 4.08. The number of aryl methyl sites for hydroxylation is 1. The highest BCUT2D eigenvalue weighted by atomic mass is 35.5. The van der Waals surface area contributed by atoms with Crippen LogP contribution in [-0.2, 0) is 6.54 Å². The summed E-state index contributed by atoms with van der Waals surface area (Å²) in [5, 5.41) is 22.7. The zero-order valence-electron chi connectivity index (χ0n) is 11.7. The summed E-state index contributed by atoms with van der Waals surface area (Å²) in [6.07, 6.45) is 0. The lowest BCUT2D eigenvalue weighted by Crippen LogP contribution is -2.18. The maximum atomic E-state index is 11.8. The van der Waals surface area contributed by atoms with Crippen molar-refractivity contribution in [3.05, 3.63) is 38.2 Å². The van der Waals surface area contributed by atoms with Crippen LogP contribution in [0.25, 0.3) is 11.0 Å². The van der Waals surface area contributed by atoms with Crippen molar-refractivity contribution in [1.29, 1.82) is 0 Å². The van der Waals surface area contributed by atoms with E-state index in [2.05, 4.69) is 5.32 Å². The van der Waals surface area contributed by atoms with Crippen molar-refractivity contribution >= 4 is 35.0 Å². The highest BCUT2D eigenvalue weighted by Gasteiger charge is 2.17. The van der Waals surface area contributed by atoms with Crippen LogP contribution in [0.5, 0.6) is 5.75 Å². The van der Waals surface area contributed by atoms with E-state index in [1.165, 1.54) is 0 Å². The topological polar surface area (TPSA) is 82.7 Å². The summed E-state index contributed by atoms with van der Waals surface area (Å²) in [5.74, 6) is -0.115. The Morgan fingerprint density at radius 2 is 2.00 bits per heavy atom. The number of fused-ring (bicyclic) bond motifs is 1. The number of benzene rings is 1. The molecule has 0 saturated heterocycles. The molecule has 0 amide bonds. The molecule has 2 rings (SSSR count). The zero-order chi connectivity index (χ0) is 14.9. The van der Waals surface area contributed by atoms with E-state index >= 15 is 0 Å². The molecule has 0 atom stereocenters. The van der Waals surface area contributed by atoms with Crippen LogP contribution in [0.3, 0.4) is 0 Å². The van der Waals surface area contributed by atoms with E-state index in [0.717, 1.165) is 5.56 Å². The van der Waals surface area contributed by atoms with Gasteiger partial charge in [-0.25, -0.2) is 4.79 Å². The summed E-state index contributed by atoms with van der Waals surface area (Å²) in [6, 6.07) is 1.59. The number of hydrogen-bond donors (Lipinski definition) is 3. The molecule has 1 aromatic heterocycles. The molecule has 0 aliphatic rings. The number of nitrogens with one attached hydrogen (secondary N) is 1. The first kappa shape index (κ1) is 17.8. The number of rotatable bonds is 4. The first-order valence-electron chi connectivity index (χ1n) is 6.23. The number of phenols is 1. The molecule has 0 saturated carbocycles. The van der Waals surface area contributed by atoms with E-state index in [-0.39, 0.29) is 36.3 Å². The van der Waals surface area contributed by atoms with Crippen molar-refractivity contribution in [2.45, 2.75) is 20.4 Å². The van der Waals surface area contributed by atoms with Crippen molar-refractivity contribution in [2.75, 3.05) is 13.2 Å². The highest BCUT2D eigenvalue weighted by Crippen LogP contribution is 2.35. The molecule has 5 nitrogen and oxygen atoms in total. The lowest BCUT2D eigenvalue weighted by Gasteiger charge is -2.12. The maximum absolute atomic E-state index is 11.8. The molecule has 1 aromatic carbocycles. The summed E-state index contributed by atoms with van der Waals surface area (Å²) in [5.41, 5.74) is 1.61. The molecule has 0 unspecified atom stereocenters. The van der Waals surface area contributed by atoms with E-state index < -0.39 is 5.63 Å². The van der Waals surface area contributed by atoms with Crippen LogP contribution in [0.2, 0.25) is 5.02 Å². The minimum Gasteiger partial charge on any atom is -0.506 e. The van der Waals surface area contributed by atoms with Gasteiger partial charge in [-0.1, -0.05) is 11.6 Å². The van der Waals surface area contributed by atoms with E-state index in [1.54, 1.807) is 13.0 Å². The lowest BCUT2D eigenvalue weighted by atomic mass is 10.0. The van der Waals surface area contributed by atoms with Gasteiger partial charge >= 0.3 is 5.63 Å². The monoisotopic (exact) mass is 333 g/mol. The highest BCUT2D eigenvalue weighted by molar-refractivity contribution is 6.33. The third kappa shape index (κ3) is 3.32. The molecule has 7 heteroatoms. The van der Waals surface area contributed by atoms with Crippen molar-refractivity contribution in [2.24, 2.45) is 0 Å². The second kappa shape index (κ2) is 7.13. The summed E-state index contributed by atoms with van der Waals surface area (Å²) >= 11 is 6.02. The van der Waals surface area contributed by atoms with Gasteiger partial charge < -0.3 is 19.9 Å². The average Bonchev–Trinajstić information content (AvgIpc) is 2.42. The Balaban J connectivity index is 0.00000220. The van der Waals surface area contributed by atoms with E-state index in [1.807, 2.05) is 6.92 Å². The fourth-order valence-corrected chi connectivity index (χ4v) is 2.27. The van der Waals surface area contributed by atoms with Crippen LogP contribution in [0.1, 0.15) is 16.7 Å². The predicted octanol–water partition coefficient (Wildman–Crippen LogP) is 2.27. The number of aliphatic hydroxyl groups excluding tert-OH is 1. The Morgan fingerprint density at radius 1 is 1.33 bits per heavy atom. The molecule has 3 N–H and O–H groups in total. The standard InChI is InChI=1S/C14H16ClNO4.ClH/c1-7-8(2)14(19)20-13-9(7)5-11(15)12(18)10(13)6-16-3-4-17;/h5,16-18H,3-4,6H2,1-2H3;1H. The summed E-state index contributed by atoms with van der Waals surface area (Å²) < 4.78 is 5.29. The molecule has 1 heterocycles. The van der Waals surface area contributed by atoms with Gasteiger partial charge in [0.1, 0.15) is 11.3 Å². The fraction of sp³-hybridized carbons (Fsp3) is 0.357. The van der Waals surface area contributed by atoms with Crippen LogP contribution < -0.4 is 10.9 Å². The van der Waals surface area contributed by atoms with Crippen LogP contribution >= 0.6 is 24.0 Å². The molecular formula is C14H17Cl2NO4. The van der Waals surface area contributed by atoms with Gasteiger partial charge in [0.2, 0.25) is 0 Å². The van der Waals surface area contributed by atoms with E-state index in [0.29, 0.717) is 28.6 Å². The molecule has 0 bridgehead atoms. The zero-order valence-corrected chi connectivity index (χ0v) is 13.3. The minimum atomic E-state index is -0.430. The Labute approximate surface area is 132 Å². The molecular weight excluding hydrogens is 317 g/mol. The quantitative estimate of drug-likeness (QED) is 0.590. The van der Waals surface area contributed by atoms with Crippen LogP contribution in [0.4, 0.5) is 0 Å². The van der Waals surface area contributed by atoms with Crippen molar-refractivity contribution in [3.8, 4) is 5.75 Å². The third-order valence-corrected chi connectivity index (χ3v) is 3.65. The summed E-state index contributed by atoms with van der Waals surface area (Å²) in [7, 11) is 0. The average molecular weight is 334 g/mol. The van der Waals surface area contributed by atoms with Gasteiger partial charge in [-0.15, -0.1) is 12.4 Å². The first-order valence-corrected chi connectivity index (χ1v) is 6.61. The fourth-order valence-electron chi connectivity index (χ4n) is 2.05.